The lowest BCUT2D eigenvalue weighted by Gasteiger charge is -2.37. The Morgan fingerprint density at radius 1 is 1.00 bits per heavy atom. The van der Waals surface area contributed by atoms with Crippen molar-refractivity contribution in [1.82, 2.24) is 19.8 Å². The zero-order valence-electron chi connectivity index (χ0n) is 21.0. The fourth-order valence-electron chi connectivity index (χ4n) is 5.70. The van der Waals surface area contributed by atoms with Crippen LogP contribution in [0.25, 0.3) is 0 Å². The van der Waals surface area contributed by atoms with Crippen molar-refractivity contribution >= 4 is 23.6 Å². The first kappa shape index (κ1) is 23.7. The van der Waals surface area contributed by atoms with Gasteiger partial charge in [-0.3, -0.25) is 0 Å². The summed E-state index contributed by atoms with van der Waals surface area (Å²) in [4.78, 5) is 29.4. The maximum absolute atomic E-state index is 11.4. The number of carbonyl (C=O) groups is 1. The van der Waals surface area contributed by atoms with Gasteiger partial charge in [0.2, 0.25) is 5.95 Å². The summed E-state index contributed by atoms with van der Waals surface area (Å²) in [6, 6.07) is 9.12. The summed E-state index contributed by atoms with van der Waals surface area (Å²) in [5.74, 6) is 2.77. The number of urea groups is 1. The van der Waals surface area contributed by atoms with Crippen molar-refractivity contribution in [3.8, 4) is 0 Å². The fourth-order valence-corrected chi connectivity index (χ4v) is 5.70. The molecule has 188 valence electrons. The van der Waals surface area contributed by atoms with E-state index in [2.05, 4.69) is 62.9 Å². The largest absolute Gasteiger partial charge is 0.368 e. The van der Waals surface area contributed by atoms with Crippen LogP contribution in [0.2, 0.25) is 0 Å². The second-order valence-corrected chi connectivity index (χ2v) is 10.5. The van der Waals surface area contributed by atoms with Gasteiger partial charge >= 0.3 is 6.03 Å². The summed E-state index contributed by atoms with van der Waals surface area (Å²) in [7, 11) is 2.15. The van der Waals surface area contributed by atoms with Gasteiger partial charge in [-0.1, -0.05) is 18.2 Å². The monoisotopic (exact) mass is 478 g/mol. The molecule has 1 atom stereocenters. The number of carbonyl (C=O) groups excluding carboxylic acids is 1. The minimum absolute atomic E-state index is 0.299. The maximum atomic E-state index is 11.4. The maximum Gasteiger partial charge on any atom is 0.314 e. The Morgan fingerprint density at radius 2 is 1.71 bits per heavy atom. The first-order valence-electron chi connectivity index (χ1n) is 12.9. The summed E-state index contributed by atoms with van der Waals surface area (Å²) >= 11 is 0. The van der Waals surface area contributed by atoms with Gasteiger partial charge in [0.1, 0.15) is 11.6 Å². The van der Waals surface area contributed by atoms with E-state index in [-0.39, 0.29) is 6.03 Å². The average molecular weight is 479 g/mol. The van der Waals surface area contributed by atoms with Gasteiger partial charge in [-0.2, -0.15) is 9.97 Å². The number of fused-ring (bicyclic) bond motifs is 1. The number of nitrogens with two attached hydrogens (primary N) is 2. The average Bonchev–Trinajstić information content (AvgIpc) is 2.84. The Morgan fingerprint density at radius 3 is 2.43 bits per heavy atom. The molecule has 1 aromatic heterocycles. The molecule has 2 amide bonds. The number of likely N-dealkylation sites (N-methyl/N-ethyl adjacent to an activating group) is 1. The van der Waals surface area contributed by atoms with Crippen LogP contribution in [0, 0.1) is 5.92 Å². The van der Waals surface area contributed by atoms with Crippen LogP contribution in [0.3, 0.4) is 0 Å². The van der Waals surface area contributed by atoms with Crippen molar-refractivity contribution in [2.75, 3.05) is 61.8 Å². The summed E-state index contributed by atoms with van der Waals surface area (Å²) in [5, 5.41) is 0. The highest BCUT2D eigenvalue weighted by Crippen LogP contribution is 2.31. The Bertz CT molecular complexity index is 1060. The minimum Gasteiger partial charge on any atom is -0.368 e. The zero-order valence-corrected chi connectivity index (χ0v) is 21.0. The molecule has 2 saturated heterocycles. The van der Waals surface area contributed by atoms with Gasteiger partial charge in [-0.15, -0.1) is 0 Å². The number of benzene rings is 1. The van der Waals surface area contributed by atoms with Gasteiger partial charge in [0.15, 0.2) is 0 Å². The third-order valence-electron chi connectivity index (χ3n) is 7.95. The van der Waals surface area contributed by atoms with Crippen LogP contribution in [-0.2, 0) is 19.4 Å². The van der Waals surface area contributed by atoms with Crippen LogP contribution in [0.1, 0.15) is 36.5 Å². The van der Waals surface area contributed by atoms with Gasteiger partial charge in [-0.05, 0) is 62.3 Å². The topological polar surface area (TPSA) is 108 Å². The van der Waals surface area contributed by atoms with Crippen LogP contribution < -0.4 is 21.3 Å². The van der Waals surface area contributed by atoms with Crippen LogP contribution >= 0.6 is 0 Å². The molecule has 0 saturated carbocycles. The molecule has 5 rings (SSSR count). The molecule has 0 spiro atoms. The number of nitrogen functional groups attached to an aromatic ring is 1. The molecule has 2 fully saturated rings. The van der Waals surface area contributed by atoms with Crippen molar-refractivity contribution < 1.29 is 4.79 Å². The summed E-state index contributed by atoms with van der Waals surface area (Å²) in [6.07, 6.45) is 4.06. The predicted molar refractivity (Wildman–Crippen MR) is 140 cm³/mol. The molecule has 3 aliphatic rings. The SMILES string of the molecule is CC1Cc2ccc(CC3CCN(C(N)=O)CC3)cc2CN1c1cc(N2CCN(C)CC2)nc(N)n1. The van der Waals surface area contributed by atoms with E-state index in [1.165, 1.54) is 16.7 Å². The highest BCUT2D eigenvalue weighted by Gasteiger charge is 2.27. The second kappa shape index (κ2) is 9.89. The van der Waals surface area contributed by atoms with E-state index in [9.17, 15) is 4.79 Å². The van der Waals surface area contributed by atoms with Crippen LogP contribution in [0.5, 0.6) is 0 Å². The van der Waals surface area contributed by atoms with Gasteiger partial charge in [0.25, 0.3) is 0 Å². The smallest absolute Gasteiger partial charge is 0.314 e. The highest BCUT2D eigenvalue weighted by atomic mass is 16.2. The lowest BCUT2D eigenvalue weighted by atomic mass is 9.87. The molecule has 0 radical (unpaired) electrons. The molecule has 2 aromatic rings. The van der Waals surface area contributed by atoms with E-state index < -0.39 is 0 Å². The number of piperazine rings is 1. The van der Waals surface area contributed by atoms with Gasteiger partial charge in [-0.25, -0.2) is 4.79 Å². The van der Waals surface area contributed by atoms with Gasteiger partial charge in [0.05, 0.1) is 0 Å². The van der Waals surface area contributed by atoms with E-state index >= 15 is 0 Å². The van der Waals surface area contributed by atoms with Crippen LogP contribution in [0.4, 0.5) is 22.4 Å². The van der Waals surface area contributed by atoms with E-state index in [4.69, 9.17) is 11.5 Å². The molecule has 9 heteroatoms. The number of hydrogen-bond acceptors (Lipinski definition) is 7. The Hall–Kier alpha value is -3.07. The summed E-state index contributed by atoms with van der Waals surface area (Å²) in [6.45, 7) is 8.56. The summed E-state index contributed by atoms with van der Waals surface area (Å²) in [5.41, 5.74) is 15.8. The third kappa shape index (κ3) is 5.29. The predicted octanol–water partition coefficient (Wildman–Crippen LogP) is 2.10. The number of amides is 2. The number of aromatic nitrogens is 2. The van der Waals surface area contributed by atoms with E-state index in [0.29, 0.717) is 17.9 Å². The second-order valence-electron chi connectivity index (χ2n) is 10.5. The van der Waals surface area contributed by atoms with Crippen molar-refractivity contribution in [2.45, 2.75) is 45.2 Å². The molecule has 3 aliphatic heterocycles. The van der Waals surface area contributed by atoms with E-state index in [1.807, 2.05) is 0 Å². The molecule has 1 aromatic carbocycles. The molecule has 9 nitrogen and oxygen atoms in total. The molecule has 4 heterocycles. The first-order valence-corrected chi connectivity index (χ1v) is 12.9. The fraction of sp³-hybridized carbons (Fsp3) is 0.577. The lowest BCUT2D eigenvalue weighted by Crippen LogP contribution is -2.45. The first-order chi connectivity index (χ1) is 16.9. The molecule has 4 N–H and O–H groups in total. The third-order valence-corrected chi connectivity index (χ3v) is 7.95. The molecule has 35 heavy (non-hydrogen) atoms. The number of anilines is 3. The number of nitrogens with zero attached hydrogens (tertiary/aromatic N) is 6. The van der Waals surface area contributed by atoms with E-state index in [1.54, 1.807) is 4.90 Å². The molecule has 1 unspecified atom stereocenters. The summed E-state index contributed by atoms with van der Waals surface area (Å²) < 4.78 is 0. The Labute approximate surface area is 208 Å². The number of piperidine rings is 1. The number of hydrogen-bond donors (Lipinski definition) is 2. The van der Waals surface area contributed by atoms with E-state index in [0.717, 1.165) is 83.1 Å². The highest BCUT2D eigenvalue weighted by molar-refractivity contribution is 5.72. The molecular weight excluding hydrogens is 440 g/mol. The van der Waals surface area contributed by atoms with Crippen molar-refractivity contribution in [2.24, 2.45) is 11.7 Å². The quantitative estimate of drug-likeness (QED) is 0.693. The Kier molecular flexibility index (Phi) is 6.69. The standard InChI is InChI=1S/C26H38N8O/c1-18-13-21-4-3-20(14-19-5-7-33(8-6-19)26(28)35)15-22(21)17-34(18)24-16-23(29-25(27)30-24)32-11-9-31(2)10-12-32/h3-4,15-16,18-19H,5-14,17H2,1-2H3,(H2,28,35)(H2,27,29,30). The number of rotatable bonds is 4. The molecular formula is C26H38N8O. The van der Waals surface area contributed by atoms with Crippen molar-refractivity contribution in [1.29, 1.82) is 0 Å². The van der Waals surface area contributed by atoms with Crippen molar-refractivity contribution in [3.05, 3.63) is 41.0 Å². The molecule has 0 bridgehead atoms. The number of primary amides is 1. The van der Waals surface area contributed by atoms with Crippen molar-refractivity contribution in [3.63, 3.8) is 0 Å². The van der Waals surface area contributed by atoms with Gasteiger partial charge in [0, 0.05) is 57.9 Å². The van der Waals surface area contributed by atoms with Gasteiger partial charge < -0.3 is 31.1 Å². The molecule has 0 aliphatic carbocycles. The van der Waals surface area contributed by atoms with Crippen LogP contribution in [0.15, 0.2) is 24.3 Å². The normalized spacial score (nSPS) is 21.8. The lowest BCUT2D eigenvalue weighted by molar-refractivity contribution is 0.179. The zero-order chi connectivity index (χ0) is 24.5. The minimum atomic E-state index is -0.299. The Balaban J connectivity index is 1.30. The van der Waals surface area contributed by atoms with Crippen LogP contribution in [-0.4, -0.2) is 78.2 Å². The number of likely N-dealkylation sites (tertiary alicyclic amines) is 1.